The molecule has 0 radical (unpaired) electrons. The first-order valence-corrected chi connectivity index (χ1v) is 4.98. The van der Waals surface area contributed by atoms with Crippen molar-refractivity contribution in [3.8, 4) is 5.75 Å². The molecule has 0 unspecified atom stereocenters. The Hall–Kier alpha value is -1.81. The number of allylic oxidation sites excluding steroid dienone is 1. The first kappa shape index (κ1) is 12.3. The van der Waals surface area contributed by atoms with E-state index in [-0.39, 0.29) is 6.42 Å². The molecule has 86 valence electrons. The molecule has 16 heavy (non-hydrogen) atoms. The van der Waals surface area contributed by atoms with E-state index in [1.807, 2.05) is 6.92 Å². The van der Waals surface area contributed by atoms with Gasteiger partial charge in [-0.1, -0.05) is 18.2 Å². The Labute approximate surface area is 94.3 Å². The first-order chi connectivity index (χ1) is 7.63. The number of nitrogens with two attached hydrogens (primary N) is 1. The molecule has 0 heterocycles. The summed E-state index contributed by atoms with van der Waals surface area (Å²) >= 11 is 0. The topological polar surface area (TPSA) is 72.5 Å². The van der Waals surface area contributed by atoms with Gasteiger partial charge in [-0.2, -0.15) is 0 Å². The Balaban J connectivity index is 2.66. The van der Waals surface area contributed by atoms with Crippen LogP contribution in [-0.2, 0) is 4.79 Å². The van der Waals surface area contributed by atoms with Crippen LogP contribution < -0.4 is 10.5 Å². The van der Waals surface area contributed by atoms with E-state index in [0.717, 1.165) is 5.56 Å². The second-order valence-corrected chi connectivity index (χ2v) is 3.36. The second kappa shape index (κ2) is 5.92. The predicted octanol–water partition coefficient (Wildman–Crippen LogP) is 2.07. The van der Waals surface area contributed by atoms with E-state index < -0.39 is 12.0 Å². The minimum atomic E-state index is -0.901. The lowest BCUT2D eigenvalue weighted by Crippen LogP contribution is -2.14. The highest BCUT2D eigenvalue weighted by atomic mass is 16.5. The van der Waals surface area contributed by atoms with Crippen LogP contribution in [-0.4, -0.2) is 11.1 Å². The lowest BCUT2D eigenvalue weighted by atomic mass is 10.1. The summed E-state index contributed by atoms with van der Waals surface area (Å²) in [7, 11) is 0. The smallest absolute Gasteiger partial charge is 0.305 e. The maximum absolute atomic E-state index is 10.5. The Bertz CT molecular complexity index is 370. The van der Waals surface area contributed by atoms with Gasteiger partial charge >= 0.3 is 5.97 Å². The lowest BCUT2D eigenvalue weighted by Gasteiger charge is -2.09. The van der Waals surface area contributed by atoms with Crippen LogP contribution in [0.1, 0.15) is 24.9 Å². The van der Waals surface area contributed by atoms with Crippen LogP contribution in [0, 0.1) is 0 Å². The van der Waals surface area contributed by atoms with Gasteiger partial charge in [0.05, 0.1) is 12.7 Å². The minimum absolute atomic E-state index is 0.0743. The number of carboxylic acids is 1. The Morgan fingerprint density at radius 2 is 2.12 bits per heavy atom. The van der Waals surface area contributed by atoms with E-state index in [4.69, 9.17) is 15.6 Å². The molecule has 0 amide bonds. The highest BCUT2D eigenvalue weighted by molar-refractivity contribution is 5.67. The van der Waals surface area contributed by atoms with Gasteiger partial charge in [0.2, 0.25) is 0 Å². The largest absolute Gasteiger partial charge is 0.481 e. The summed E-state index contributed by atoms with van der Waals surface area (Å²) in [6.07, 6.45) is 3.28. The Morgan fingerprint density at radius 3 is 2.62 bits per heavy atom. The highest BCUT2D eigenvalue weighted by Gasteiger charge is 2.10. The van der Waals surface area contributed by atoms with Crippen molar-refractivity contribution in [3.63, 3.8) is 0 Å². The molecule has 1 aromatic rings. The average Bonchev–Trinajstić information content (AvgIpc) is 2.26. The van der Waals surface area contributed by atoms with E-state index in [1.54, 1.807) is 36.6 Å². The number of carbonyl (C=O) groups is 1. The number of ether oxygens (including phenoxy) is 1. The van der Waals surface area contributed by atoms with E-state index in [0.29, 0.717) is 5.75 Å². The third-order valence-electron chi connectivity index (χ3n) is 2.04. The van der Waals surface area contributed by atoms with Crippen LogP contribution in [0.15, 0.2) is 36.6 Å². The molecule has 0 fully saturated rings. The van der Waals surface area contributed by atoms with Crippen molar-refractivity contribution in [3.05, 3.63) is 42.2 Å². The second-order valence-electron chi connectivity index (χ2n) is 3.36. The van der Waals surface area contributed by atoms with Gasteiger partial charge < -0.3 is 15.6 Å². The minimum Gasteiger partial charge on any atom is -0.481 e. The van der Waals surface area contributed by atoms with E-state index in [9.17, 15) is 4.79 Å². The van der Waals surface area contributed by atoms with E-state index >= 15 is 0 Å². The van der Waals surface area contributed by atoms with Crippen molar-refractivity contribution in [2.45, 2.75) is 19.4 Å². The first-order valence-electron chi connectivity index (χ1n) is 4.98. The molecule has 1 aromatic carbocycles. The van der Waals surface area contributed by atoms with Crippen LogP contribution in [0.2, 0.25) is 0 Å². The molecule has 0 aliphatic heterocycles. The summed E-state index contributed by atoms with van der Waals surface area (Å²) in [6.45, 7) is 1.86. The third-order valence-corrected chi connectivity index (χ3v) is 2.04. The van der Waals surface area contributed by atoms with Crippen molar-refractivity contribution in [2.75, 3.05) is 0 Å². The molecule has 0 saturated heterocycles. The Morgan fingerprint density at radius 1 is 1.50 bits per heavy atom. The molecule has 3 N–H and O–H groups in total. The fourth-order valence-electron chi connectivity index (χ4n) is 1.25. The van der Waals surface area contributed by atoms with E-state index in [2.05, 4.69) is 0 Å². The van der Waals surface area contributed by atoms with Crippen molar-refractivity contribution >= 4 is 5.97 Å². The quantitative estimate of drug-likeness (QED) is 0.746. The zero-order valence-corrected chi connectivity index (χ0v) is 9.09. The summed E-state index contributed by atoms with van der Waals surface area (Å²) in [5.41, 5.74) is 6.50. The van der Waals surface area contributed by atoms with Crippen LogP contribution in [0.5, 0.6) is 5.75 Å². The van der Waals surface area contributed by atoms with Gasteiger partial charge in [-0.15, -0.1) is 0 Å². The molecule has 0 aromatic heterocycles. The predicted molar refractivity (Wildman–Crippen MR) is 61.1 cm³/mol. The lowest BCUT2D eigenvalue weighted by molar-refractivity contribution is -0.137. The van der Waals surface area contributed by atoms with Crippen molar-refractivity contribution < 1.29 is 14.6 Å². The summed E-state index contributed by atoms with van der Waals surface area (Å²) in [5, 5.41) is 8.60. The summed E-state index contributed by atoms with van der Waals surface area (Å²) in [6, 6.07) is 6.58. The molecule has 0 aliphatic carbocycles. The maximum Gasteiger partial charge on any atom is 0.305 e. The summed E-state index contributed by atoms with van der Waals surface area (Å²) in [5.74, 6) is -0.203. The van der Waals surface area contributed by atoms with Gasteiger partial charge in [0.1, 0.15) is 5.75 Å². The zero-order valence-electron chi connectivity index (χ0n) is 9.09. The summed E-state index contributed by atoms with van der Waals surface area (Å²) in [4.78, 5) is 10.5. The third kappa shape index (κ3) is 3.74. The number of rotatable bonds is 5. The monoisotopic (exact) mass is 221 g/mol. The standard InChI is InChI=1S/C12H15NO3/c1-2-7-16-10-5-3-9(4-6-10)11(13)8-12(14)15/h2-7,11H,8,13H2,1H3,(H,14,15)/t11-/m0/s1. The molecule has 0 aliphatic rings. The molecule has 4 heteroatoms. The van der Waals surface area contributed by atoms with Gasteiger partial charge in [0, 0.05) is 6.04 Å². The van der Waals surface area contributed by atoms with Crippen molar-refractivity contribution in [2.24, 2.45) is 5.73 Å². The highest BCUT2D eigenvalue weighted by Crippen LogP contribution is 2.18. The molecule has 0 saturated carbocycles. The number of aliphatic carboxylic acids is 1. The van der Waals surface area contributed by atoms with Crippen molar-refractivity contribution in [1.82, 2.24) is 0 Å². The maximum atomic E-state index is 10.5. The fourth-order valence-corrected chi connectivity index (χ4v) is 1.25. The number of hydrogen-bond donors (Lipinski definition) is 2. The fraction of sp³-hybridized carbons (Fsp3) is 0.250. The van der Waals surface area contributed by atoms with Crippen LogP contribution in [0.25, 0.3) is 0 Å². The average molecular weight is 221 g/mol. The van der Waals surface area contributed by atoms with Crippen LogP contribution >= 0.6 is 0 Å². The van der Waals surface area contributed by atoms with Gasteiger partial charge in [-0.25, -0.2) is 0 Å². The molecular weight excluding hydrogens is 206 g/mol. The zero-order chi connectivity index (χ0) is 12.0. The van der Waals surface area contributed by atoms with Crippen molar-refractivity contribution in [1.29, 1.82) is 0 Å². The normalized spacial score (nSPS) is 12.6. The number of hydrogen-bond acceptors (Lipinski definition) is 3. The SMILES string of the molecule is CC=COc1ccc([C@@H](N)CC(=O)O)cc1. The molecular formula is C12H15NO3. The molecule has 0 spiro atoms. The molecule has 1 rings (SSSR count). The molecule has 0 bridgehead atoms. The summed E-state index contributed by atoms with van der Waals surface area (Å²) < 4.78 is 5.23. The number of carboxylic acid groups (broad SMARTS) is 1. The van der Waals surface area contributed by atoms with Gasteiger partial charge in [0.15, 0.2) is 0 Å². The molecule has 1 atom stereocenters. The molecule has 4 nitrogen and oxygen atoms in total. The van der Waals surface area contributed by atoms with Crippen LogP contribution in [0.3, 0.4) is 0 Å². The van der Waals surface area contributed by atoms with Gasteiger partial charge in [-0.05, 0) is 24.6 Å². The van der Waals surface area contributed by atoms with Gasteiger partial charge in [-0.3, -0.25) is 4.79 Å². The number of benzene rings is 1. The van der Waals surface area contributed by atoms with Crippen LogP contribution in [0.4, 0.5) is 0 Å². The van der Waals surface area contributed by atoms with E-state index in [1.165, 1.54) is 0 Å². The van der Waals surface area contributed by atoms with Gasteiger partial charge in [0.25, 0.3) is 0 Å². The Kier molecular flexibility index (Phi) is 4.54.